The van der Waals surface area contributed by atoms with Crippen molar-refractivity contribution in [3.63, 3.8) is 0 Å². The van der Waals surface area contributed by atoms with Crippen LogP contribution in [0.2, 0.25) is 0 Å². The monoisotopic (exact) mass is 240 g/mol. The first-order chi connectivity index (χ1) is 6.09. The largest absolute Gasteiger partial charge is 0.366 e. The summed E-state index contributed by atoms with van der Waals surface area (Å²) in [5.41, 5.74) is 1.16. The van der Waals surface area contributed by atoms with Gasteiger partial charge in [-0.25, -0.2) is 0 Å². The standard InChI is InChI=1S/C10H13BrN2/c1-13(2)10(12)7-8-4-3-5-9(11)6-8/h3-6,12H,7H2,1-2H3. The van der Waals surface area contributed by atoms with Gasteiger partial charge in [0, 0.05) is 25.0 Å². The molecule has 0 atom stereocenters. The number of hydrogen-bond donors (Lipinski definition) is 1. The van der Waals surface area contributed by atoms with Gasteiger partial charge in [-0.1, -0.05) is 28.1 Å². The van der Waals surface area contributed by atoms with Crippen molar-refractivity contribution in [2.24, 2.45) is 0 Å². The van der Waals surface area contributed by atoms with Crippen LogP contribution in [-0.2, 0) is 6.42 Å². The van der Waals surface area contributed by atoms with E-state index < -0.39 is 0 Å². The number of amidine groups is 1. The zero-order valence-electron chi connectivity index (χ0n) is 7.84. The van der Waals surface area contributed by atoms with E-state index in [0.717, 1.165) is 10.0 Å². The number of rotatable bonds is 2. The highest BCUT2D eigenvalue weighted by molar-refractivity contribution is 9.10. The summed E-state index contributed by atoms with van der Waals surface area (Å²) < 4.78 is 1.07. The number of nitrogens with one attached hydrogen (secondary N) is 1. The van der Waals surface area contributed by atoms with Crippen molar-refractivity contribution in [1.82, 2.24) is 4.90 Å². The van der Waals surface area contributed by atoms with E-state index in [0.29, 0.717) is 12.3 Å². The molecule has 13 heavy (non-hydrogen) atoms. The first kappa shape index (κ1) is 10.3. The van der Waals surface area contributed by atoms with Gasteiger partial charge in [0.1, 0.15) is 0 Å². The van der Waals surface area contributed by atoms with Gasteiger partial charge in [-0.2, -0.15) is 0 Å². The molecule has 0 saturated carbocycles. The van der Waals surface area contributed by atoms with E-state index >= 15 is 0 Å². The zero-order chi connectivity index (χ0) is 9.84. The Balaban J connectivity index is 2.69. The van der Waals surface area contributed by atoms with Crippen LogP contribution in [0.25, 0.3) is 0 Å². The van der Waals surface area contributed by atoms with Crippen LogP contribution >= 0.6 is 15.9 Å². The van der Waals surface area contributed by atoms with Crippen LogP contribution in [0.4, 0.5) is 0 Å². The zero-order valence-corrected chi connectivity index (χ0v) is 9.43. The highest BCUT2D eigenvalue weighted by atomic mass is 79.9. The maximum absolute atomic E-state index is 7.66. The molecule has 0 heterocycles. The first-order valence-electron chi connectivity index (χ1n) is 4.09. The second-order valence-corrected chi connectivity index (χ2v) is 4.06. The fourth-order valence-corrected chi connectivity index (χ4v) is 1.45. The Kier molecular flexibility index (Phi) is 3.48. The minimum absolute atomic E-state index is 0.623. The highest BCUT2D eigenvalue weighted by Gasteiger charge is 2.01. The number of hydrogen-bond acceptors (Lipinski definition) is 1. The van der Waals surface area contributed by atoms with Crippen molar-refractivity contribution < 1.29 is 0 Å². The van der Waals surface area contributed by atoms with E-state index in [1.54, 1.807) is 0 Å². The van der Waals surface area contributed by atoms with Crippen LogP contribution < -0.4 is 0 Å². The summed E-state index contributed by atoms with van der Waals surface area (Å²) in [5, 5.41) is 7.66. The molecule has 0 bridgehead atoms. The van der Waals surface area contributed by atoms with Crippen molar-refractivity contribution in [2.45, 2.75) is 6.42 Å². The van der Waals surface area contributed by atoms with E-state index in [4.69, 9.17) is 5.41 Å². The Morgan fingerprint density at radius 3 is 2.69 bits per heavy atom. The smallest absolute Gasteiger partial charge is 0.0997 e. The maximum Gasteiger partial charge on any atom is 0.0997 e. The fraction of sp³-hybridized carbons (Fsp3) is 0.300. The van der Waals surface area contributed by atoms with Crippen LogP contribution in [0.1, 0.15) is 5.56 Å². The molecule has 0 aliphatic rings. The molecular weight excluding hydrogens is 228 g/mol. The Morgan fingerprint density at radius 1 is 1.46 bits per heavy atom. The molecule has 1 aromatic rings. The number of benzene rings is 1. The van der Waals surface area contributed by atoms with Gasteiger partial charge in [0.05, 0.1) is 5.84 Å². The lowest BCUT2D eigenvalue weighted by Gasteiger charge is -2.13. The number of nitrogens with zero attached hydrogens (tertiary/aromatic N) is 1. The second-order valence-electron chi connectivity index (χ2n) is 3.15. The lowest BCUT2D eigenvalue weighted by molar-refractivity contribution is 0.605. The molecule has 0 unspecified atom stereocenters. The second kappa shape index (κ2) is 4.42. The minimum atomic E-state index is 0.623. The molecule has 1 N–H and O–H groups in total. The molecule has 1 rings (SSSR count). The molecule has 70 valence electrons. The van der Waals surface area contributed by atoms with Gasteiger partial charge in [-0.05, 0) is 17.7 Å². The van der Waals surface area contributed by atoms with Crippen LogP contribution in [0.3, 0.4) is 0 Å². The molecule has 1 aromatic carbocycles. The van der Waals surface area contributed by atoms with Crippen molar-refractivity contribution in [3.05, 3.63) is 34.3 Å². The lowest BCUT2D eigenvalue weighted by atomic mass is 10.1. The van der Waals surface area contributed by atoms with Crippen molar-refractivity contribution >= 4 is 21.8 Å². The SMILES string of the molecule is CN(C)C(=N)Cc1cccc(Br)c1. The van der Waals surface area contributed by atoms with E-state index in [9.17, 15) is 0 Å². The summed E-state index contributed by atoms with van der Waals surface area (Å²) in [5.74, 6) is 0.623. The van der Waals surface area contributed by atoms with Crippen molar-refractivity contribution in [3.8, 4) is 0 Å². The molecule has 0 aliphatic carbocycles. The van der Waals surface area contributed by atoms with Gasteiger partial charge in [0.15, 0.2) is 0 Å². The summed E-state index contributed by atoms with van der Waals surface area (Å²) >= 11 is 3.41. The topological polar surface area (TPSA) is 27.1 Å². The highest BCUT2D eigenvalue weighted by Crippen LogP contribution is 2.12. The molecule has 0 radical (unpaired) electrons. The number of halogens is 1. The normalized spacial score (nSPS) is 9.77. The average molecular weight is 241 g/mol. The third-order valence-corrected chi connectivity index (χ3v) is 2.29. The molecule has 0 spiro atoms. The van der Waals surface area contributed by atoms with Crippen molar-refractivity contribution in [2.75, 3.05) is 14.1 Å². The van der Waals surface area contributed by atoms with E-state index in [-0.39, 0.29) is 0 Å². The maximum atomic E-state index is 7.66. The van der Waals surface area contributed by atoms with Crippen LogP contribution in [0.5, 0.6) is 0 Å². The van der Waals surface area contributed by atoms with E-state index in [1.807, 2.05) is 43.3 Å². The molecule has 0 fully saturated rings. The lowest BCUT2D eigenvalue weighted by Crippen LogP contribution is -2.22. The molecule has 3 heteroatoms. The summed E-state index contributed by atoms with van der Waals surface area (Å²) in [6.07, 6.45) is 0.687. The molecular formula is C10H13BrN2. The molecule has 0 saturated heterocycles. The molecule has 0 amide bonds. The van der Waals surface area contributed by atoms with E-state index in [2.05, 4.69) is 15.9 Å². The minimum Gasteiger partial charge on any atom is -0.366 e. The molecule has 2 nitrogen and oxygen atoms in total. The van der Waals surface area contributed by atoms with Gasteiger partial charge >= 0.3 is 0 Å². The predicted molar refractivity (Wildman–Crippen MR) is 59.3 cm³/mol. The van der Waals surface area contributed by atoms with Gasteiger partial charge in [0.25, 0.3) is 0 Å². The van der Waals surface area contributed by atoms with Crippen LogP contribution in [0, 0.1) is 5.41 Å². The van der Waals surface area contributed by atoms with Crippen LogP contribution in [0.15, 0.2) is 28.7 Å². The van der Waals surface area contributed by atoms with Crippen LogP contribution in [-0.4, -0.2) is 24.8 Å². The molecule has 0 aromatic heterocycles. The Hall–Kier alpha value is -0.830. The Morgan fingerprint density at radius 2 is 2.15 bits per heavy atom. The fourth-order valence-electron chi connectivity index (χ4n) is 0.998. The molecule has 0 aliphatic heterocycles. The summed E-state index contributed by atoms with van der Waals surface area (Å²) in [7, 11) is 3.78. The van der Waals surface area contributed by atoms with Gasteiger partial charge in [-0.3, -0.25) is 5.41 Å². The van der Waals surface area contributed by atoms with Crippen molar-refractivity contribution in [1.29, 1.82) is 5.41 Å². The summed E-state index contributed by atoms with van der Waals surface area (Å²) in [6.45, 7) is 0. The average Bonchev–Trinajstić information content (AvgIpc) is 2.04. The third-order valence-electron chi connectivity index (χ3n) is 1.80. The van der Waals surface area contributed by atoms with E-state index in [1.165, 1.54) is 0 Å². The quantitative estimate of drug-likeness (QED) is 0.625. The van der Waals surface area contributed by atoms with Gasteiger partial charge < -0.3 is 4.90 Å². The number of likely N-dealkylation sites (N-methyl/N-ethyl adjacent to an activating group) is 1. The predicted octanol–water partition coefficient (Wildman–Crippen LogP) is 2.53. The van der Waals surface area contributed by atoms with Gasteiger partial charge in [0.2, 0.25) is 0 Å². The Bertz CT molecular complexity index is 308. The summed E-state index contributed by atoms with van der Waals surface area (Å²) in [4.78, 5) is 1.82. The first-order valence-corrected chi connectivity index (χ1v) is 4.88. The summed E-state index contributed by atoms with van der Waals surface area (Å²) in [6, 6.07) is 8.05. The van der Waals surface area contributed by atoms with Gasteiger partial charge in [-0.15, -0.1) is 0 Å². The third kappa shape index (κ3) is 3.19. The Labute approximate surface area is 87.2 Å².